The first-order chi connectivity index (χ1) is 20.1. The molecule has 6 rings (SSSR count). The van der Waals surface area contributed by atoms with Crippen LogP contribution in [0.5, 0.6) is 0 Å². The number of nitrogens with zero attached hydrogens (tertiary/aromatic N) is 4. The van der Waals surface area contributed by atoms with Crippen molar-refractivity contribution in [2.75, 3.05) is 0 Å². The molecule has 2 aromatic heterocycles. The molecule has 0 aliphatic heterocycles. The first kappa shape index (κ1) is 30.0. The maximum atomic E-state index is 5.41. The van der Waals surface area contributed by atoms with E-state index >= 15 is 0 Å². The molecule has 2 N–H and O–H groups in total. The van der Waals surface area contributed by atoms with Crippen LogP contribution in [0.2, 0.25) is 0 Å². The second kappa shape index (κ2) is 12.8. The number of aryl methyl sites for hydroxylation is 4. The Morgan fingerprint density at radius 2 is 0.905 bits per heavy atom. The van der Waals surface area contributed by atoms with Gasteiger partial charge in [-0.2, -0.15) is 10.2 Å². The summed E-state index contributed by atoms with van der Waals surface area (Å²) in [5.41, 5.74) is 8.95. The predicted octanol–water partition coefficient (Wildman–Crippen LogP) is 9.95. The van der Waals surface area contributed by atoms with Crippen LogP contribution in [-0.2, 0) is 0 Å². The Hall–Kier alpha value is -3.44. The molecule has 6 nitrogen and oxygen atoms in total. The van der Waals surface area contributed by atoms with Crippen molar-refractivity contribution >= 4 is 56.3 Å². The highest BCUT2D eigenvalue weighted by Crippen LogP contribution is 2.27. The second-order valence-corrected chi connectivity index (χ2v) is 12.6. The molecule has 4 aromatic carbocycles. The van der Waals surface area contributed by atoms with Crippen LogP contribution in [0.15, 0.2) is 93.9 Å². The molecule has 10 heteroatoms. The fourth-order valence-corrected chi connectivity index (χ4v) is 5.73. The number of halogens is 2. The molecule has 0 spiro atoms. The zero-order chi connectivity index (χ0) is 30.0. The SMILES string of the molecule is Cc1ccc(-n2c(-c3ccc(Br)cc3)n[nH]c2=S)c(C)c1.Cc1ccc(-n2c(-c3ccc(Br)cc3)n[nH]c2=S)c(C)c1. The summed E-state index contributed by atoms with van der Waals surface area (Å²) in [5, 5.41) is 14.6. The van der Waals surface area contributed by atoms with Gasteiger partial charge < -0.3 is 0 Å². The normalized spacial score (nSPS) is 10.8. The van der Waals surface area contributed by atoms with Crippen molar-refractivity contribution in [3.05, 3.63) is 126 Å². The molecular formula is C32H28Br2N6S2. The van der Waals surface area contributed by atoms with E-state index in [0.29, 0.717) is 9.54 Å². The standard InChI is InChI=1S/2C16H14BrN3S/c2*1-10-3-8-14(11(2)9-10)20-15(18-19-16(20)21)12-4-6-13(17)7-5-12/h2*3-9H,1-2H3,(H,19,21). The number of aromatic nitrogens is 6. The average Bonchev–Trinajstić information content (AvgIpc) is 3.52. The lowest BCUT2D eigenvalue weighted by Gasteiger charge is -2.11. The Morgan fingerprint density at radius 3 is 1.24 bits per heavy atom. The Morgan fingerprint density at radius 1 is 0.548 bits per heavy atom. The molecule has 0 fully saturated rings. The molecule has 0 unspecified atom stereocenters. The van der Waals surface area contributed by atoms with Crippen LogP contribution in [0.4, 0.5) is 0 Å². The number of H-pyrrole nitrogens is 2. The van der Waals surface area contributed by atoms with Gasteiger partial charge in [-0.25, -0.2) is 0 Å². The van der Waals surface area contributed by atoms with Crippen molar-refractivity contribution in [1.82, 2.24) is 29.5 Å². The van der Waals surface area contributed by atoms with Crippen molar-refractivity contribution in [3.8, 4) is 34.2 Å². The quantitative estimate of drug-likeness (QED) is 0.178. The highest BCUT2D eigenvalue weighted by atomic mass is 79.9. The Balaban J connectivity index is 0.000000168. The van der Waals surface area contributed by atoms with E-state index in [1.807, 2.05) is 57.7 Å². The third kappa shape index (κ3) is 6.47. The number of aromatic amines is 2. The van der Waals surface area contributed by atoms with Crippen molar-refractivity contribution in [3.63, 3.8) is 0 Å². The van der Waals surface area contributed by atoms with E-state index in [4.69, 9.17) is 24.4 Å². The molecule has 212 valence electrons. The van der Waals surface area contributed by atoms with E-state index in [0.717, 1.165) is 43.1 Å². The van der Waals surface area contributed by atoms with Gasteiger partial charge in [0.05, 0.1) is 11.4 Å². The summed E-state index contributed by atoms with van der Waals surface area (Å²) in [6.07, 6.45) is 0. The number of rotatable bonds is 4. The summed E-state index contributed by atoms with van der Waals surface area (Å²) >= 11 is 17.7. The maximum absolute atomic E-state index is 5.41. The first-order valence-electron chi connectivity index (χ1n) is 13.1. The van der Waals surface area contributed by atoms with E-state index < -0.39 is 0 Å². The van der Waals surface area contributed by atoms with Gasteiger partial charge >= 0.3 is 0 Å². The zero-order valence-electron chi connectivity index (χ0n) is 23.4. The summed E-state index contributed by atoms with van der Waals surface area (Å²) in [7, 11) is 0. The molecule has 2 heterocycles. The van der Waals surface area contributed by atoms with Crippen LogP contribution in [0.25, 0.3) is 34.2 Å². The second-order valence-electron chi connectivity index (χ2n) is 9.97. The zero-order valence-corrected chi connectivity index (χ0v) is 28.2. The molecule has 0 amide bonds. The van der Waals surface area contributed by atoms with Gasteiger partial charge in [-0.15, -0.1) is 0 Å². The fraction of sp³-hybridized carbons (Fsp3) is 0.125. The smallest absolute Gasteiger partial charge is 0.200 e. The lowest BCUT2D eigenvalue weighted by atomic mass is 10.1. The van der Waals surface area contributed by atoms with Gasteiger partial charge in [0.15, 0.2) is 21.2 Å². The van der Waals surface area contributed by atoms with Gasteiger partial charge in [-0.05, 0) is 99.7 Å². The van der Waals surface area contributed by atoms with Crippen LogP contribution < -0.4 is 0 Å². The topological polar surface area (TPSA) is 67.2 Å². The van der Waals surface area contributed by atoms with Gasteiger partial charge in [0.2, 0.25) is 0 Å². The molecule has 0 saturated heterocycles. The largest absolute Gasteiger partial charge is 0.268 e. The number of hydrogen-bond acceptors (Lipinski definition) is 4. The van der Waals surface area contributed by atoms with Crippen molar-refractivity contribution < 1.29 is 0 Å². The van der Waals surface area contributed by atoms with E-state index in [2.05, 4.69) is 116 Å². The van der Waals surface area contributed by atoms with Gasteiger partial charge in [-0.1, -0.05) is 91.5 Å². The van der Waals surface area contributed by atoms with Crippen molar-refractivity contribution in [1.29, 1.82) is 0 Å². The van der Waals surface area contributed by atoms with Crippen molar-refractivity contribution in [2.45, 2.75) is 27.7 Å². The van der Waals surface area contributed by atoms with Crippen LogP contribution in [-0.4, -0.2) is 29.5 Å². The highest BCUT2D eigenvalue weighted by molar-refractivity contribution is 9.10. The molecule has 0 bridgehead atoms. The van der Waals surface area contributed by atoms with Gasteiger partial charge in [0, 0.05) is 20.1 Å². The lowest BCUT2D eigenvalue weighted by Crippen LogP contribution is -2.00. The molecular weight excluding hydrogens is 692 g/mol. The number of benzene rings is 4. The van der Waals surface area contributed by atoms with Gasteiger partial charge in [0.1, 0.15) is 0 Å². The summed E-state index contributed by atoms with van der Waals surface area (Å²) in [4.78, 5) is 0. The predicted molar refractivity (Wildman–Crippen MR) is 183 cm³/mol. The van der Waals surface area contributed by atoms with Gasteiger partial charge in [-0.3, -0.25) is 19.3 Å². The van der Waals surface area contributed by atoms with Crippen LogP contribution in [0.3, 0.4) is 0 Å². The van der Waals surface area contributed by atoms with E-state index in [1.165, 1.54) is 22.3 Å². The summed E-state index contributed by atoms with van der Waals surface area (Å²) in [6.45, 7) is 8.34. The fourth-order valence-electron chi connectivity index (χ4n) is 4.74. The monoisotopic (exact) mass is 718 g/mol. The minimum atomic E-state index is 0.597. The van der Waals surface area contributed by atoms with Crippen LogP contribution in [0, 0.1) is 37.2 Å². The van der Waals surface area contributed by atoms with E-state index in [-0.39, 0.29) is 0 Å². The lowest BCUT2D eigenvalue weighted by molar-refractivity contribution is 1.02. The molecule has 0 atom stereocenters. The Bertz CT molecular complexity index is 1840. The summed E-state index contributed by atoms with van der Waals surface area (Å²) in [6, 6.07) is 28.7. The molecule has 0 radical (unpaired) electrons. The third-order valence-corrected chi connectivity index (χ3v) is 8.34. The maximum Gasteiger partial charge on any atom is 0.200 e. The minimum absolute atomic E-state index is 0.597. The van der Waals surface area contributed by atoms with Crippen LogP contribution >= 0.6 is 56.3 Å². The Kier molecular flexibility index (Phi) is 9.17. The molecule has 42 heavy (non-hydrogen) atoms. The minimum Gasteiger partial charge on any atom is -0.268 e. The van der Waals surface area contributed by atoms with E-state index in [9.17, 15) is 0 Å². The van der Waals surface area contributed by atoms with Crippen molar-refractivity contribution in [2.24, 2.45) is 0 Å². The molecule has 0 aliphatic carbocycles. The molecule has 0 aliphatic rings. The number of nitrogens with one attached hydrogen (secondary N) is 2. The van der Waals surface area contributed by atoms with Gasteiger partial charge in [0.25, 0.3) is 0 Å². The Labute approximate surface area is 271 Å². The molecule has 0 saturated carbocycles. The summed E-state index contributed by atoms with van der Waals surface area (Å²) in [5.74, 6) is 1.64. The van der Waals surface area contributed by atoms with Crippen LogP contribution in [0.1, 0.15) is 22.3 Å². The third-order valence-electron chi connectivity index (χ3n) is 6.74. The van der Waals surface area contributed by atoms with E-state index in [1.54, 1.807) is 0 Å². The average molecular weight is 721 g/mol. The summed E-state index contributed by atoms with van der Waals surface area (Å²) < 4.78 is 7.23. The number of hydrogen-bond donors (Lipinski definition) is 2. The molecule has 6 aromatic rings. The highest BCUT2D eigenvalue weighted by Gasteiger charge is 2.14. The first-order valence-corrected chi connectivity index (χ1v) is 15.5.